The van der Waals surface area contributed by atoms with Gasteiger partial charge in [-0.15, -0.1) is 11.6 Å². The molecule has 2 N–H and O–H groups in total. The maximum atomic E-state index is 11.4. The van der Waals surface area contributed by atoms with E-state index in [1.54, 1.807) is 13.0 Å². The van der Waals surface area contributed by atoms with Crippen molar-refractivity contribution in [2.45, 2.75) is 6.92 Å². The van der Waals surface area contributed by atoms with Gasteiger partial charge in [-0.25, -0.2) is 0 Å². The Morgan fingerprint density at radius 2 is 2.29 bits per heavy atom. The molecule has 1 aromatic carbocycles. The second-order valence-electron chi connectivity index (χ2n) is 2.93. The average Bonchev–Trinajstić information content (AvgIpc) is 2.16. The van der Waals surface area contributed by atoms with Crippen LogP contribution in [0.15, 0.2) is 12.1 Å². The highest BCUT2D eigenvalue weighted by Gasteiger charge is 2.12. The summed E-state index contributed by atoms with van der Waals surface area (Å²) < 4.78 is 0. The van der Waals surface area contributed by atoms with Gasteiger partial charge in [-0.1, -0.05) is 0 Å². The SMILES string of the molecule is Cc1cc(C#N)cc(N)c1C(=O)CCl. The maximum Gasteiger partial charge on any atom is 0.179 e. The lowest BCUT2D eigenvalue weighted by atomic mass is 10.0. The van der Waals surface area contributed by atoms with Crippen LogP contribution in [0.5, 0.6) is 0 Å². The van der Waals surface area contributed by atoms with E-state index < -0.39 is 0 Å². The van der Waals surface area contributed by atoms with Crippen molar-refractivity contribution in [3.8, 4) is 6.07 Å². The van der Waals surface area contributed by atoms with Crippen LogP contribution in [0.25, 0.3) is 0 Å². The second-order valence-corrected chi connectivity index (χ2v) is 3.19. The molecular formula is C10H9ClN2O. The van der Waals surface area contributed by atoms with Crippen LogP contribution < -0.4 is 5.73 Å². The molecular weight excluding hydrogens is 200 g/mol. The number of carbonyl (C=O) groups excluding carboxylic acids is 1. The standard InChI is InChI=1S/C10H9ClN2O/c1-6-2-7(5-12)3-8(13)10(6)9(14)4-11/h2-3H,4,13H2,1H3. The van der Waals surface area contributed by atoms with E-state index in [1.807, 2.05) is 6.07 Å². The van der Waals surface area contributed by atoms with Gasteiger partial charge in [0.1, 0.15) is 0 Å². The van der Waals surface area contributed by atoms with Crippen LogP contribution in [0.2, 0.25) is 0 Å². The Balaban J connectivity index is 3.34. The van der Waals surface area contributed by atoms with Crippen LogP contribution in [0, 0.1) is 18.3 Å². The number of nitriles is 1. The smallest absolute Gasteiger partial charge is 0.179 e. The predicted octanol–water partition coefficient (Wildman–Crippen LogP) is 1.87. The fourth-order valence-corrected chi connectivity index (χ4v) is 1.46. The third-order valence-corrected chi connectivity index (χ3v) is 2.14. The Kier molecular flexibility index (Phi) is 3.10. The van der Waals surface area contributed by atoms with Crippen LogP contribution in [-0.2, 0) is 0 Å². The lowest BCUT2D eigenvalue weighted by molar-refractivity contribution is 0.102. The van der Waals surface area contributed by atoms with Gasteiger partial charge in [-0.05, 0) is 24.6 Å². The number of carbonyl (C=O) groups is 1. The predicted molar refractivity (Wildman–Crippen MR) is 55.4 cm³/mol. The molecule has 0 aliphatic heterocycles. The molecule has 0 fully saturated rings. The number of alkyl halides is 1. The first-order valence-electron chi connectivity index (χ1n) is 3.99. The zero-order valence-corrected chi connectivity index (χ0v) is 8.43. The highest BCUT2D eigenvalue weighted by molar-refractivity contribution is 6.31. The Bertz CT molecular complexity index is 398. The molecule has 1 aromatic rings. The van der Waals surface area contributed by atoms with E-state index in [-0.39, 0.29) is 11.7 Å². The number of benzene rings is 1. The third kappa shape index (κ3) is 1.86. The molecule has 0 aliphatic carbocycles. The minimum Gasteiger partial charge on any atom is -0.398 e. The van der Waals surface area contributed by atoms with Gasteiger partial charge in [0.25, 0.3) is 0 Å². The van der Waals surface area contributed by atoms with Gasteiger partial charge in [0.15, 0.2) is 5.78 Å². The zero-order chi connectivity index (χ0) is 10.7. The van der Waals surface area contributed by atoms with Crippen LogP contribution in [0.4, 0.5) is 5.69 Å². The molecule has 0 heterocycles. The average molecular weight is 209 g/mol. The molecule has 0 saturated heterocycles. The molecule has 0 amide bonds. The summed E-state index contributed by atoms with van der Waals surface area (Å²) in [6.45, 7) is 1.73. The van der Waals surface area contributed by atoms with Gasteiger partial charge >= 0.3 is 0 Å². The summed E-state index contributed by atoms with van der Waals surface area (Å²) in [6, 6.07) is 5.07. The monoisotopic (exact) mass is 208 g/mol. The van der Waals surface area contributed by atoms with Gasteiger partial charge in [-0.3, -0.25) is 4.79 Å². The first kappa shape index (κ1) is 10.6. The summed E-state index contributed by atoms with van der Waals surface area (Å²) in [5.74, 6) is -0.317. The normalized spacial score (nSPS) is 9.50. The minimum atomic E-state index is -0.217. The van der Waals surface area contributed by atoms with E-state index in [2.05, 4.69) is 0 Å². The molecule has 0 bridgehead atoms. The summed E-state index contributed by atoms with van der Waals surface area (Å²) >= 11 is 5.43. The van der Waals surface area contributed by atoms with E-state index in [4.69, 9.17) is 22.6 Å². The van der Waals surface area contributed by atoms with Gasteiger partial charge in [0.2, 0.25) is 0 Å². The molecule has 0 unspecified atom stereocenters. The number of aryl methyl sites for hydroxylation is 1. The van der Waals surface area contributed by atoms with Gasteiger partial charge in [0, 0.05) is 11.3 Å². The summed E-state index contributed by atoms with van der Waals surface area (Å²) in [5, 5.41) is 8.66. The highest BCUT2D eigenvalue weighted by Crippen LogP contribution is 2.20. The van der Waals surface area contributed by atoms with Crippen molar-refractivity contribution in [1.29, 1.82) is 5.26 Å². The minimum absolute atomic E-state index is 0.100. The van der Waals surface area contributed by atoms with Crippen molar-refractivity contribution in [1.82, 2.24) is 0 Å². The number of halogens is 1. The quantitative estimate of drug-likeness (QED) is 0.458. The maximum absolute atomic E-state index is 11.4. The van der Waals surface area contributed by atoms with E-state index in [0.717, 1.165) is 0 Å². The lowest BCUT2D eigenvalue weighted by Crippen LogP contribution is -2.07. The second kappa shape index (κ2) is 4.12. The first-order chi connectivity index (χ1) is 6.60. The summed E-state index contributed by atoms with van der Waals surface area (Å²) in [5.41, 5.74) is 7.51. The van der Waals surface area contributed by atoms with Crippen LogP contribution in [0.3, 0.4) is 0 Å². The van der Waals surface area contributed by atoms with E-state index in [1.165, 1.54) is 6.07 Å². The number of hydrogen-bond acceptors (Lipinski definition) is 3. The van der Waals surface area contributed by atoms with Crippen molar-refractivity contribution in [3.05, 3.63) is 28.8 Å². The van der Waals surface area contributed by atoms with Crippen LogP contribution >= 0.6 is 11.6 Å². The van der Waals surface area contributed by atoms with Crippen LogP contribution in [0.1, 0.15) is 21.5 Å². The van der Waals surface area contributed by atoms with Crippen molar-refractivity contribution in [2.24, 2.45) is 0 Å². The number of rotatable bonds is 2. The van der Waals surface area contributed by atoms with E-state index in [0.29, 0.717) is 22.4 Å². The number of nitrogens with zero attached hydrogens (tertiary/aromatic N) is 1. The molecule has 0 spiro atoms. The molecule has 0 aliphatic rings. The summed E-state index contributed by atoms with van der Waals surface area (Å²) in [6.07, 6.45) is 0. The molecule has 0 saturated carbocycles. The number of anilines is 1. The molecule has 14 heavy (non-hydrogen) atoms. The Morgan fingerprint density at radius 1 is 1.64 bits per heavy atom. The lowest BCUT2D eigenvalue weighted by Gasteiger charge is -2.06. The van der Waals surface area contributed by atoms with Gasteiger partial charge in [-0.2, -0.15) is 5.26 Å². The summed E-state index contributed by atoms with van der Waals surface area (Å²) in [4.78, 5) is 11.4. The number of nitrogen functional groups attached to an aromatic ring is 1. The zero-order valence-electron chi connectivity index (χ0n) is 7.67. The van der Waals surface area contributed by atoms with Crippen molar-refractivity contribution in [3.63, 3.8) is 0 Å². The fraction of sp³-hybridized carbons (Fsp3) is 0.200. The van der Waals surface area contributed by atoms with Crippen molar-refractivity contribution >= 4 is 23.1 Å². The fourth-order valence-electron chi connectivity index (χ4n) is 1.33. The third-order valence-electron chi connectivity index (χ3n) is 1.90. The topological polar surface area (TPSA) is 66.9 Å². The van der Waals surface area contributed by atoms with E-state index in [9.17, 15) is 4.79 Å². The number of hydrogen-bond donors (Lipinski definition) is 1. The molecule has 0 radical (unpaired) electrons. The Morgan fingerprint density at radius 3 is 2.71 bits per heavy atom. The molecule has 72 valence electrons. The number of ketones is 1. The van der Waals surface area contributed by atoms with Crippen molar-refractivity contribution < 1.29 is 4.79 Å². The van der Waals surface area contributed by atoms with Crippen LogP contribution in [-0.4, -0.2) is 11.7 Å². The Labute approximate surface area is 87.1 Å². The highest BCUT2D eigenvalue weighted by atomic mass is 35.5. The molecule has 3 nitrogen and oxygen atoms in total. The first-order valence-corrected chi connectivity index (χ1v) is 4.53. The van der Waals surface area contributed by atoms with E-state index >= 15 is 0 Å². The Hall–Kier alpha value is -1.53. The number of nitrogens with two attached hydrogens (primary N) is 1. The molecule has 4 heteroatoms. The molecule has 0 atom stereocenters. The van der Waals surface area contributed by atoms with Crippen molar-refractivity contribution in [2.75, 3.05) is 11.6 Å². The van der Waals surface area contributed by atoms with Gasteiger partial charge < -0.3 is 5.73 Å². The summed E-state index contributed by atoms with van der Waals surface area (Å²) in [7, 11) is 0. The molecule has 1 rings (SSSR count). The largest absolute Gasteiger partial charge is 0.398 e. The molecule has 0 aromatic heterocycles. The van der Waals surface area contributed by atoms with Gasteiger partial charge in [0.05, 0.1) is 17.5 Å². The number of Topliss-reactive ketones (excluding diaryl/α,β-unsaturated/α-hetero) is 1.